The Labute approximate surface area is 186 Å². The molecule has 32 heavy (non-hydrogen) atoms. The number of hydrogen-bond donors (Lipinski definition) is 3. The van der Waals surface area contributed by atoms with E-state index >= 15 is 0 Å². The lowest BCUT2D eigenvalue weighted by Gasteiger charge is -2.25. The molecule has 2 aliphatic rings. The lowest BCUT2D eigenvalue weighted by molar-refractivity contribution is -0.909. The number of anilines is 1. The number of nitrogens with one attached hydrogen (secondary N) is 1. The smallest absolute Gasteiger partial charge is 0.325 e. The van der Waals surface area contributed by atoms with E-state index in [0.29, 0.717) is 29.7 Å². The fourth-order valence-corrected chi connectivity index (χ4v) is 4.26. The van der Waals surface area contributed by atoms with Crippen LogP contribution in [0.5, 0.6) is 5.75 Å². The summed E-state index contributed by atoms with van der Waals surface area (Å²) in [6, 6.07) is 9.06. The van der Waals surface area contributed by atoms with Crippen molar-refractivity contribution in [2.24, 2.45) is 5.92 Å². The maximum Gasteiger partial charge on any atom is 0.325 e. The summed E-state index contributed by atoms with van der Waals surface area (Å²) in [6.07, 6.45) is 7.49. The fourth-order valence-electron chi connectivity index (χ4n) is 4.26. The number of fused-ring (bicyclic) bond motifs is 1. The van der Waals surface area contributed by atoms with Crippen LogP contribution < -0.4 is 14.8 Å². The van der Waals surface area contributed by atoms with Gasteiger partial charge in [0.2, 0.25) is 5.69 Å². The number of aliphatic hydroxyl groups excluding tert-OH is 1. The van der Waals surface area contributed by atoms with Gasteiger partial charge in [-0.1, -0.05) is 0 Å². The zero-order valence-corrected chi connectivity index (χ0v) is 18.2. The minimum absolute atomic E-state index is 0.148. The normalized spacial score (nSPS) is 20.9. The monoisotopic (exact) mass is 437 g/mol. The molecule has 0 atom stereocenters. The fraction of sp³-hybridized carbons (Fsp3) is 0.458. The van der Waals surface area contributed by atoms with E-state index in [9.17, 15) is 15.1 Å². The minimum Gasteiger partial charge on any atom is -0.491 e. The molecule has 0 bridgehead atoms. The number of hydrogen-bond acceptors (Lipinski definition) is 5. The number of aryl methyl sites for hydroxylation is 1. The molecule has 3 aromatic rings. The number of rotatable bonds is 6. The van der Waals surface area contributed by atoms with Crippen molar-refractivity contribution < 1.29 is 24.6 Å². The molecule has 8 heteroatoms. The van der Waals surface area contributed by atoms with Gasteiger partial charge >= 0.3 is 11.6 Å². The van der Waals surface area contributed by atoms with Crippen molar-refractivity contribution in [3.05, 3.63) is 47.9 Å². The number of aromatic nitrogens is 3. The Morgan fingerprint density at radius 3 is 2.75 bits per heavy atom. The largest absolute Gasteiger partial charge is 0.491 e. The van der Waals surface area contributed by atoms with Gasteiger partial charge in [-0.25, -0.2) is 0 Å². The number of pyridine rings is 1. The second kappa shape index (κ2) is 8.43. The quantitative estimate of drug-likeness (QED) is 0.405. The lowest BCUT2D eigenvalue weighted by atomic mass is 9.93. The van der Waals surface area contributed by atoms with E-state index in [2.05, 4.69) is 5.32 Å². The van der Waals surface area contributed by atoms with E-state index in [1.54, 1.807) is 25.1 Å². The molecule has 3 N–H and O–H groups in total. The van der Waals surface area contributed by atoms with Crippen molar-refractivity contribution in [1.29, 1.82) is 0 Å². The van der Waals surface area contributed by atoms with Crippen LogP contribution in [0.3, 0.4) is 0 Å². The summed E-state index contributed by atoms with van der Waals surface area (Å²) in [5, 5.41) is 28.6. The number of aliphatic hydroxyl groups is 1. The zero-order chi connectivity index (χ0) is 22.2. The van der Waals surface area contributed by atoms with Crippen LogP contribution in [0.2, 0.25) is 0 Å². The Morgan fingerprint density at radius 1 is 1.22 bits per heavy atom. The summed E-state index contributed by atoms with van der Waals surface area (Å²) in [5.41, 5.74) is 2.09. The van der Waals surface area contributed by atoms with Crippen LogP contribution in [0.1, 0.15) is 60.7 Å². The van der Waals surface area contributed by atoms with E-state index in [0.717, 1.165) is 41.3 Å². The van der Waals surface area contributed by atoms with Crippen LogP contribution in [0.15, 0.2) is 36.5 Å². The molecule has 2 saturated carbocycles. The maximum absolute atomic E-state index is 12.9. The SMILES string of the molecule is Cc1cccc(C(=O)Nc2cc3cn([C@H]4CC[C@@H](O)CC4)nc3cc2OCC2CC2)[n+]1O. The number of carbonyl (C=O) groups excluding carboxylic acids is 1. The highest BCUT2D eigenvalue weighted by Gasteiger charge is 2.26. The third-order valence-corrected chi connectivity index (χ3v) is 6.47. The van der Waals surface area contributed by atoms with Crippen LogP contribution in [-0.2, 0) is 0 Å². The Bertz CT molecular complexity index is 1150. The van der Waals surface area contributed by atoms with Crippen molar-refractivity contribution in [1.82, 2.24) is 9.78 Å². The topological polar surface area (TPSA) is 100 Å². The molecule has 1 amide bonds. The number of carbonyl (C=O) groups is 1. The number of amides is 1. The lowest BCUT2D eigenvalue weighted by Crippen LogP contribution is -2.42. The molecule has 2 aromatic heterocycles. The molecule has 0 aliphatic heterocycles. The molecule has 0 saturated heterocycles. The average Bonchev–Trinajstić information content (AvgIpc) is 3.52. The molecule has 1 aromatic carbocycles. The highest BCUT2D eigenvalue weighted by molar-refractivity contribution is 6.04. The molecule has 168 valence electrons. The number of benzene rings is 1. The molecule has 8 nitrogen and oxygen atoms in total. The Balaban J connectivity index is 1.45. The Kier molecular flexibility index (Phi) is 5.46. The third kappa shape index (κ3) is 4.27. The minimum atomic E-state index is -0.416. The predicted octanol–water partition coefficient (Wildman–Crippen LogP) is 3.39. The molecule has 0 spiro atoms. The summed E-state index contributed by atoms with van der Waals surface area (Å²) < 4.78 is 8.93. The average molecular weight is 438 g/mol. The third-order valence-electron chi connectivity index (χ3n) is 6.47. The van der Waals surface area contributed by atoms with Gasteiger partial charge in [0.25, 0.3) is 0 Å². The van der Waals surface area contributed by atoms with E-state index < -0.39 is 5.91 Å². The van der Waals surface area contributed by atoms with Gasteiger partial charge in [0.05, 0.1) is 30.0 Å². The summed E-state index contributed by atoms with van der Waals surface area (Å²) in [6.45, 7) is 2.34. The Morgan fingerprint density at radius 2 is 2.00 bits per heavy atom. The van der Waals surface area contributed by atoms with Crippen molar-refractivity contribution in [3.63, 3.8) is 0 Å². The maximum atomic E-state index is 12.9. The van der Waals surface area contributed by atoms with Crippen molar-refractivity contribution in [3.8, 4) is 5.75 Å². The molecular weight excluding hydrogens is 408 g/mol. The second-order valence-corrected chi connectivity index (χ2v) is 9.05. The van der Waals surface area contributed by atoms with Gasteiger partial charge < -0.3 is 15.2 Å². The molecule has 2 fully saturated rings. The standard InChI is InChI=1S/C24H28N4O4/c1-15-3-2-4-22(28(15)31)24(30)25-21-11-17-13-27(18-7-9-19(29)10-8-18)26-20(17)12-23(21)32-14-16-5-6-16/h2-4,11-13,16,18-19,29H,5-10,14H2,1H3,(H-,25,30,31)/p+1/t18-,19+. The van der Waals surface area contributed by atoms with E-state index in [1.807, 2.05) is 23.0 Å². The van der Waals surface area contributed by atoms with E-state index in [4.69, 9.17) is 9.84 Å². The molecule has 0 radical (unpaired) electrons. The predicted molar refractivity (Wildman–Crippen MR) is 118 cm³/mol. The van der Waals surface area contributed by atoms with Crippen LogP contribution in [0.25, 0.3) is 10.9 Å². The first-order chi connectivity index (χ1) is 15.5. The first-order valence-electron chi connectivity index (χ1n) is 11.3. The molecule has 2 heterocycles. The molecule has 5 rings (SSSR count). The second-order valence-electron chi connectivity index (χ2n) is 9.05. The zero-order valence-electron chi connectivity index (χ0n) is 18.2. The van der Waals surface area contributed by atoms with Gasteiger partial charge in [0.1, 0.15) is 5.75 Å². The number of nitrogens with zero attached hydrogens (tertiary/aromatic N) is 3. The highest BCUT2D eigenvalue weighted by Crippen LogP contribution is 2.35. The van der Waals surface area contributed by atoms with Crippen LogP contribution in [0, 0.1) is 12.8 Å². The molecule has 2 aliphatic carbocycles. The van der Waals surface area contributed by atoms with Crippen molar-refractivity contribution in [2.75, 3.05) is 11.9 Å². The van der Waals surface area contributed by atoms with Crippen molar-refractivity contribution >= 4 is 22.5 Å². The van der Waals surface area contributed by atoms with Gasteiger partial charge in [-0.2, -0.15) is 5.10 Å². The number of ether oxygens (including phenoxy) is 1. The van der Waals surface area contributed by atoms with Crippen molar-refractivity contribution in [2.45, 2.75) is 57.6 Å². The first-order valence-corrected chi connectivity index (χ1v) is 11.3. The van der Waals surface area contributed by atoms with Crippen LogP contribution in [-0.4, -0.2) is 38.7 Å². The molecule has 0 unspecified atom stereocenters. The van der Waals surface area contributed by atoms with Crippen LogP contribution >= 0.6 is 0 Å². The van der Waals surface area contributed by atoms with Gasteiger partial charge in [-0.15, -0.1) is 0 Å². The van der Waals surface area contributed by atoms with Gasteiger partial charge in [-0.3, -0.25) is 14.7 Å². The van der Waals surface area contributed by atoms with Gasteiger partial charge in [-0.05, 0) is 56.6 Å². The highest BCUT2D eigenvalue weighted by atomic mass is 16.5. The van der Waals surface area contributed by atoms with Crippen LogP contribution in [0.4, 0.5) is 5.69 Å². The first kappa shape index (κ1) is 20.8. The van der Waals surface area contributed by atoms with E-state index in [-0.39, 0.29) is 17.8 Å². The van der Waals surface area contributed by atoms with Gasteiger partial charge in [0, 0.05) is 41.4 Å². The summed E-state index contributed by atoms with van der Waals surface area (Å²) in [7, 11) is 0. The van der Waals surface area contributed by atoms with Gasteiger partial charge in [0.15, 0.2) is 0 Å². The summed E-state index contributed by atoms with van der Waals surface area (Å²) >= 11 is 0. The Hall–Kier alpha value is -3.13. The summed E-state index contributed by atoms with van der Waals surface area (Å²) in [5.74, 6) is 0.733. The van der Waals surface area contributed by atoms with E-state index in [1.165, 1.54) is 12.8 Å². The molecular formula is C24H29N4O4+. The summed E-state index contributed by atoms with van der Waals surface area (Å²) in [4.78, 5) is 12.9.